The van der Waals surface area contributed by atoms with Crippen molar-refractivity contribution in [2.24, 2.45) is 0 Å². The van der Waals surface area contributed by atoms with Gasteiger partial charge >= 0.3 is 6.36 Å². The van der Waals surface area contributed by atoms with Gasteiger partial charge in [0.2, 0.25) is 12.7 Å². The Labute approximate surface area is 159 Å². The van der Waals surface area contributed by atoms with E-state index >= 15 is 0 Å². The van der Waals surface area contributed by atoms with Gasteiger partial charge in [-0.25, -0.2) is 0 Å². The van der Waals surface area contributed by atoms with Crippen molar-refractivity contribution in [3.05, 3.63) is 59.7 Å². The van der Waals surface area contributed by atoms with Crippen LogP contribution in [-0.2, 0) is 11.3 Å². The fourth-order valence-electron chi connectivity index (χ4n) is 2.71. The molecule has 0 N–H and O–H groups in total. The molecule has 1 amide bonds. The van der Waals surface area contributed by atoms with Crippen molar-refractivity contribution < 1.29 is 32.2 Å². The molecule has 2 aromatic rings. The van der Waals surface area contributed by atoms with Gasteiger partial charge in [-0.3, -0.25) is 4.79 Å². The Morgan fingerprint density at radius 1 is 1.18 bits per heavy atom. The molecule has 8 heteroatoms. The van der Waals surface area contributed by atoms with Crippen molar-refractivity contribution in [3.8, 4) is 17.2 Å². The number of benzene rings is 2. The van der Waals surface area contributed by atoms with Crippen LogP contribution in [-0.4, -0.2) is 30.5 Å². The number of alkyl halides is 3. The molecule has 0 atom stereocenters. The normalized spacial score (nSPS) is 13.0. The van der Waals surface area contributed by atoms with Crippen LogP contribution >= 0.6 is 0 Å². The molecule has 0 unspecified atom stereocenters. The van der Waals surface area contributed by atoms with E-state index in [1.807, 2.05) is 13.0 Å². The summed E-state index contributed by atoms with van der Waals surface area (Å²) in [5.41, 5.74) is 1.01. The second-order valence-corrected chi connectivity index (χ2v) is 5.96. The summed E-state index contributed by atoms with van der Waals surface area (Å²) in [5, 5.41) is 0. The Morgan fingerprint density at radius 3 is 2.68 bits per heavy atom. The van der Waals surface area contributed by atoms with Crippen molar-refractivity contribution in [1.82, 2.24) is 4.90 Å². The van der Waals surface area contributed by atoms with E-state index in [0.29, 0.717) is 24.6 Å². The van der Waals surface area contributed by atoms with E-state index in [-0.39, 0.29) is 24.0 Å². The molecular formula is C20H18F3NO4. The predicted molar refractivity (Wildman–Crippen MR) is 95.8 cm³/mol. The highest BCUT2D eigenvalue weighted by Crippen LogP contribution is 2.33. The molecule has 0 radical (unpaired) electrons. The maximum Gasteiger partial charge on any atom is 0.573 e. The summed E-state index contributed by atoms with van der Waals surface area (Å²) in [7, 11) is 0. The van der Waals surface area contributed by atoms with Gasteiger partial charge in [0.25, 0.3) is 0 Å². The summed E-state index contributed by atoms with van der Waals surface area (Å²) >= 11 is 0. The zero-order valence-corrected chi connectivity index (χ0v) is 15.0. The first kappa shape index (κ1) is 19.6. The van der Waals surface area contributed by atoms with Crippen molar-refractivity contribution in [2.45, 2.75) is 19.8 Å². The fourth-order valence-corrected chi connectivity index (χ4v) is 2.71. The Hall–Kier alpha value is -3.16. The lowest BCUT2D eigenvalue weighted by Gasteiger charge is -2.19. The van der Waals surface area contributed by atoms with Crippen LogP contribution < -0.4 is 14.2 Å². The standard InChI is InChI=1S/C20H18F3NO4/c1-2-24(12-14-7-9-17-18(11-14)27-13-26-17)19(25)10-8-15-5-3-4-6-16(15)28-20(21,22)23/h3-11H,2,12-13H2,1H3/b10-8+. The Bertz CT molecular complexity index is 880. The van der Waals surface area contributed by atoms with Gasteiger partial charge in [0.15, 0.2) is 11.5 Å². The summed E-state index contributed by atoms with van der Waals surface area (Å²) in [4.78, 5) is 14.1. The third kappa shape index (κ3) is 4.97. The molecule has 0 saturated carbocycles. The molecule has 0 saturated heterocycles. The highest BCUT2D eigenvalue weighted by molar-refractivity contribution is 5.92. The smallest absolute Gasteiger partial charge is 0.454 e. The van der Waals surface area contributed by atoms with Crippen LogP contribution in [0.15, 0.2) is 48.5 Å². The van der Waals surface area contributed by atoms with Crippen LogP contribution in [0.3, 0.4) is 0 Å². The van der Waals surface area contributed by atoms with Gasteiger partial charge in [-0.05, 0) is 36.8 Å². The highest BCUT2D eigenvalue weighted by Gasteiger charge is 2.31. The maximum atomic E-state index is 12.5. The van der Waals surface area contributed by atoms with E-state index in [4.69, 9.17) is 9.47 Å². The fraction of sp³-hybridized carbons (Fsp3) is 0.250. The van der Waals surface area contributed by atoms with Crippen LogP contribution in [0, 0.1) is 0 Å². The van der Waals surface area contributed by atoms with E-state index < -0.39 is 6.36 Å². The van der Waals surface area contributed by atoms with Crippen LogP contribution in [0.1, 0.15) is 18.1 Å². The topological polar surface area (TPSA) is 48.0 Å². The Morgan fingerprint density at radius 2 is 1.93 bits per heavy atom. The van der Waals surface area contributed by atoms with E-state index in [0.717, 1.165) is 5.56 Å². The number of hydrogen-bond acceptors (Lipinski definition) is 4. The van der Waals surface area contributed by atoms with Gasteiger partial charge in [0.05, 0.1) is 0 Å². The molecule has 1 aliphatic rings. The quantitative estimate of drug-likeness (QED) is 0.684. The van der Waals surface area contributed by atoms with Crippen molar-refractivity contribution in [1.29, 1.82) is 0 Å². The number of ether oxygens (including phenoxy) is 3. The summed E-state index contributed by atoms with van der Waals surface area (Å²) in [6.45, 7) is 2.74. The molecule has 1 aliphatic heterocycles. The number of para-hydroxylation sites is 1. The van der Waals surface area contributed by atoms with Crippen LogP contribution in [0.5, 0.6) is 17.2 Å². The molecular weight excluding hydrogens is 375 g/mol. The highest BCUT2D eigenvalue weighted by atomic mass is 19.4. The first-order valence-corrected chi connectivity index (χ1v) is 8.56. The van der Waals surface area contributed by atoms with Crippen LogP contribution in [0.4, 0.5) is 13.2 Å². The average molecular weight is 393 g/mol. The van der Waals surface area contributed by atoms with Crippen molar-refractivity contribution >= 4 is 12.0 Å². The second kappa shape index (κ2) is 8.24. The van der Waals surface area contributed by atoms with E-state index in [9.17, 15) is 18.0 Å². The second-order valence-electron chi connectivity index (χ2n) is 5.96. The number of fused-ring (bicyclic) bond motifs is 1. The number of carbonyl (C=O) groups is 1. The Kier molecular flexibility index (Phi) is 5.77. The molecule has 148 valence electrons. The van der Waals surface area contributed by atoms with Gasteiger partial charge in [0, 0.05) is 24.7 Å². The number of nitrogens with zero attached hydrogens (tertiary/aromatic N) is 1. The minimum Gasteiger partial charge on any atom is -0.454 e. The lowest BCUT2D eigenvalue weighted by Crippen LogP contribution is -2.28. The van der Waals surface area contributed by atoms with Crippen molar-refractivity contribution in [3.63, 3.8) is 0 Å². The van der Waals surface area contributed by atoms with E-state index in [1.54, 1.807) is 23.1 Å². The number of carbonyl (C=O) groups excluding carboxylic acids is 1. The first-order valence-electron chi connectivity index (χ1n) is 8.56. The van der Waals surface area contributed by atoms with Gasteiger partial charge < -0.3 is 19.1 Å². The number of rotatable bonds is 6. The molecule has 0 fully saturated rings. The zero-order valence-electron chi connectivity index (χ0n) is 15.0. The number of halogens is 3. The molecule has 3 rings (SSSR count). The molecule has 1 heterocycles. The van der Waals surface area contributed by atoms with Gasteiger partial charge in [-0.2, -0.15) is 0 Å². The third-order valence-corrected chi connectivity index (χ3v) is 4.05. The number of likely N-dealkylation sites (N-methyl/N-ethyl adjacent to an activating group) is 1. The molecule has 0 bridgehead atoms. The molecule has 2 aromatic carbocycles. The monoisotopic (exact) mass is 393 g/mol. The lowest BCUT2D eigenvalue weighted by atomic mass is 10.1. The molecule has 0 aromatic heterocycles. The molecule has 5 nitrogen and oxygen atoms in total. The molecule has 0 spiro atoms. The summed E-state index contributed by atoms with van der Waals surface area (Å²) in [6.07, 6.45) is -2.26. The average Bonchev–Trinajstić information content (AvgIpc) is 3.11. The first-order chi connectivity index (χ1) is 13.4. The maximum absolute atomic E-state index is 12.5. The number of amides is 1. The van der Waals surface area contributed by atoms with Crippen molar-refractivity contribution in [2.75, 3.05) is 13.3 Å². The molecule has 28 heavy (non-hydrogen) atoms. The minimum absolute atomic E-state index is 0.160. The third-order valence-electron chi connectivity index (χ3n) is 4.05. The number of hydrogen-bond donors (Lipinski definition) is 0. The zero-order chi connectivity index (χ0) is 20.1. The molecule has 0 aliphatic carbocycles. The summed E-state index contributed by atoms with van der Waals surface area (Å²) in [6, 6.07) is 11.0. The van der Waals surface area contributed by atoms with E-state index in [1.165, 1.54) is 30.4 Å². The van der Waals surface area contributed by atoms with Crippen LogP contribution in [0.2, 0.25) is 0 Å². The summed E-state index contributed by atoms with van der Waals surface area (Å²) in [5.74, 6) is 0.578. The summed E-state index contributed by atoms with van der Waals surface area (Å²) < 4.78 is 52.1. The Balaban J connectivity index is 1.70. The van der Waals surface area contributed by atoms with Crippen LogP contribution in [0.25, 0.3) is 6.08 Å². The lowest BCUT2D eigenvalue weighted by molar-refractivity contribution is -0.274. The van der Waals surface area contributed by atoms with Gasteiger partial charge in [0.1, 0.15) is 5.75 Å². The SMILES string of the molecule is CCN(Cc1ccc2c(c1)OCO2)C(=O)/C=C/c1ccccc1OC(F)(F)F. The minimum atomic E-state index is -4.80. The van der Waals surface area contributed by atoms with E-state index in [2.05, 4.69) is 4.74 Å². The van der Waals surface area contributed by atoms with Gasteiger partial charge in [-0.15, -0.1) is 13.2 Å². The van der Waals surface area contributed by atoms with Gasteiger partial charge in [-0.1, -0.05) is 24.3 Å². The largest absolute Gasteiger partial charge is 0.573 e. The predicted octanol–water partition coefficient (Wildman–Crippen LogP) is 4.38.